The van der Waals surface area contributed by atoms with E-state index in [1.54, 1.807) is 13.2 Å². The number of carboxylic acid groups (broad SMARTS) is 1. The van der Waals surface area contributed by atoms with Crippen molar-refractivity contribution < 1.29 is 36.2 Å². The van der Waals surface area contributed by atoms with Crippen LogP contribution in [0.3, 0.4) is 0 Å². The number of nitrogens with zero attached hydrogens (tertiary/aromatic N) is 2. The van der Waals surface area contributed by atoms with E-state index in [4.69, 9.17) is 15.6 Å². The van der Waals surface area contributed by atoms with E-state index >= 15 is 0 Å². The van der Waals surface area contributed by atoms with Crippen LogP contribution < -0.4 is 16.2 Å². The number of fused-ring (bicyclic) bond motifs is 1. The van der Waals surface area contributed by atoms with Crippen LogP contribution in [-0.2, 0) is 24.4 Å². The number of alkyl halides is 6. The fourth-order valence-electron chi connectivity index (χ4n) is 3.06. The minimum Gasteiger partial charge on any atom is -0.475 e. The molecule has 0 spiro atoms. The van der Waals surface area contributed by atoms with Gasteiger partial charge in [-0.05, 0) is 49.2 Å². The van der Waals surface area contributed by atoms with E-state index in [0.717, 1.165) is 17.8 Å². The van der Waals surface area contributed by atoms with Gasteiger partial charge in [0.25, 0.3) is 5.56 Å². The second kappa shape index (κ2) is 9.00. The minimum atomic E-state index is -5.08. The highest BCUT2D eigenvalue weighted by Crippen LogP contribution is 2.36. The Bertz CT molecular complexity index is 983. The molecular weight excluding hydrogens is 432 g/mol. The number of benzene rings is 1. The summed E-state index contributed by atoms with van der Waals surface area (Å²) in [6, 6.07) is 6.80. The van der Waals surface area contributed by atoms with E-state index in [1.165, 1.54) is 16.7 Å². The van der Waals surface area contributed by atoms with E-state index in [2.05, 4.69) is 0 Å². The quantitative estimate of drug-likeness (QED) is 0.685. The maximum absolute atomic E-state index is 12.7. The van der Waals surface area contributed by atoms with Crippen LogP contribution in [0.25, 0.3) is 0 Å². The van der Waals surface area contributed by atoms with Gasteiger partial charge in [0.1, 0.15) is 0 Å². The summed E-state index contributed by atoms with van der Waals surface area (Å²) in [6.45, 7) is 0.983. The lowest BCUT2D eigenvalue weighted by atomic mass is 9.93. The Hall–Kier alpha value is -3.02. The number of aryl methyl sites for hydroxylation is 1. The maximum atomic E-state index is 12.7. The van der Waals surface area contributed by atoms with Crippen molar-refractivity contribution in [1.29, 1.82) is 0 Å². The highest BCUT2D eigenvalue weighted by Gasteiger charge is 2.38. The first-order valence-corrected chi connectivity index (χ1v) is 8.89. The third kappa shape index (κ3) is 5.78. The van der Waals surface area contributed by atoms with Gasteiger partial charge in [-0.15, -0.1) is 0 Å². The average Bonchev–Trinajstić information content (AvgIpc) is 2.69. The SMILES string of the molecule is Cn1ccc2c(c1=O)CC(CN)CN2c1ccc(C(F)(F)F)cc1.O=C(O)C(F)(F)F. The van der Waals surface area contributed by atoms with Crippen LogP contribution in [0.5, 0.6) is 0 Å². The van der Waals surface area contributed by atoms with Gasteiger partial charge in [-0.1, -0.05) is 0 Å². The van der Waals surface area contributed by atoms with Crippen LogP contribution in [0.1, 0.15) is 11.1 Å². The van der Waals surface area contributed by atoms with Crippen LogP contribution in [0.4, 0.5) is 37.7 Å². The summed E-state index contributed by atoms with van der Waals surface area (Å²) in [5.74, 6) is -2.68. The predicted octanol–water partition coefficient (Wildman–Crippen LogP) is 3.31. The first-order chi connectivity index (χ1) is 14.3. The molecule has 0 bridgehead atoms. The molecule has 1 unspecified atom stereocenters. The summed E-state index contributed by atoms with van der Waals surface area (Å²) in [7, 11) is 1.68. The Morgan fingerprint density at radius 3 is 2.13 bits per heavy atom. The molecule has 0 saturated carbocycles. The van der Waals surface area contributed by atoms with Gasteiger partial charge in [-0.25, -0.2) is 4.79 Å². The maximum Gasteiger partial charge on any atom is 0.490 e. The molecule has 1 aromatic carbocycles. The van der Waals surface area contributed by atoms with Crippen LogP contribution in [-0.4, -0.2) is 34.9 Å². The monoisotopic (exact) mass is 451 g/mol. The number of hydrogen-bond donors (Lipinski definition) is 2. The number of halogens is 6. The van der Waals surface area contributed by atoms with Crippen molar-refractivity contribution in [2.24, 2.45) is 18.7 Å². The lowest BCUT2D eigenvalue weighted by molar-refractivity contribution is -0.192. The summed E-state index contributed by atoms with van der Waals surface area (Å²) in [6.07, 6.45) is -7.20. The van der Waals surface area contributed by atoms with Gasteiger partial charge >= 0.3 is 18.3 Å². The van der Waals surface area contributed by atoms with Gasteiger partial charge in [0.15, 0.2) is 0 Å². The van der Waals surface area contributed by atoms with Crippen LogP contribution in [0, 0.1) is 5.92 Å². The Balaban J connectivity index is 0.000000423. The lowest BCUT2D eigenvalue weighted by Crippen LogP contribution is -2.39. The Kier molecular flexibility index (Phi) is 7.04. The van der Waals surface area contributed by atoms with Gasteiger partial charge in [0.2, 0.25) is 0 Å². The van der Waals surface area contributed by atoms with Crippen molar-refractivity contribution in [2.45, 2.75) is 18.8 Å². The van der Waals surface area contributed by atoms with Gasteiger partial charge < -0.3 is 20.3 Å². The van der Waals surface area contributed by atoms with Crippen molar-refractivity contribution in [3.8, 4) is 0 Å². The Morgan fingerprint density at radius 1 is 1.13 bits per heavy atom. The molecule has 2 aromatic rings. The van der Waals surface area contributed by atoms with E-state index < -0.39 is 23.9 Å². The number of hydrogen-bond acceptors (Lipinski definition) is 4. The van der Waals surface area contributed by atoms with E-state index in [0.29, 0.717) is 30.8 Å². The highest BCUT2D eigenvalue weighted by molar-refractivity contribution is 5.73. The van der Waals surface area contributed by atoms with Crippen molar-refractivity contribution in [1.82, 2.24) is 4.57 Å². The number of pyridine rings is 1. The van der Waals surface area contributed by atoms with Crippen LogP contribution >= 0.6 is 0 Å². The molecule has 0 fully saturated rings. The summed E-state index contributed by atoms with van der Waals surface area (Å²) < 4.78 is 71.5. The summed E-state index contributed by atoms with van der Waals surface area (Å²) >= 11 is 0. The van der Waals surface area contributed by atoms with E-state index in [-0.39, 0.29) is 11.5 Å². The van der Waals surface area contributed by atoms with Gasteiger partial charge in [0.05, 0.1) is 11.3 Å². The molecule has 1 aliphatic heterocycles. The number of aromatic nitrogens is 1. The Labute approximate surface area is 172 Å². The van der Waals surface area contributed by atoms with Crippen molar-refractivity contribution >= 4 is 17.3 Å². The van der Waals surface area contributed by atoms with Crippen molar-refractivity contribution in [3.63, 3.8) is 0 Å². The number of anilines is 2. The number of nitrogens with two attached hydrogens (primary N) is 1. The predicted molar refractivity (Wildman–Crippen MR) is 100 cm³/mol. The molecule has 31 heavy (non-hydrogen) atoms. The van der Waals surface area contributed by atoms with Gasteiger partial charge in [-0.3, -0.25) is 4.79 Å². The molecule has 1 aliphatic rings. The van der Waals surface area contributed by atoms with E-state index in [9.17, 15) is 31.1 Å². The fraction of sp³-hybridized carbons (Fsp3) is 0.368. The molecule has 0 saturated heterocycles. The molecule has 0 radical (unpaired) electrons. The number of carbonyl (C=O) groups is 1. The number of carboxylic acids is 1. The molecule has 0 aliphatic carbocycles. The van der Waals surface area contributed by atoms with Gasteiger partial charge in [-0.2, -0.15) is 26.3 Å². The van der Waals surface area contributed by atoms with Gasteiger partial charge in [0, 0.05) is 31.0 Å². The van der Waals surface area contributed by atoms with Crippen molar-refractivity contribution in [3.05, 3.63) is 58.0 Å². The second-order valence-corrected chi connectivity index (χ2v) is 6.86. The zero-order valence-electron chi connectivity index (χ0n) is 16.2. The molecule has 6 nitrogen and oxygen atoms in total. The normalized spacial score (nSPS) is 16.3. The fourth-order valence-corrected chi connectivity index (χ4v) is 3.06. The molecule has 3 rings (SSSR count). The first-order valence-electron chi connectivity index (χ1n) is 8.89. The van der Waals surface area contributed by atoms with Crippen LogP contribution in [0.2, 0.25) is 0 Å². The Morgan fingerprint density at radius 2 is 1.68 bits per heavy atom. The summed E-state index contributed by atoms with van der Waals surface area (Å²) in [5.41, 5.74) is 7.01. The molecule has 170 valence electrons. The zero-order chi connectivity index (χ0) is 23.6. The summed E-state index contributed by atoms with van der Waals surface area (Å²) in [5, 5.41) is 7.12. The highest BCUT2D eigenvalue weighted by atomic mass is 19.4. The third-order valence-corrected chi connectivity index (χ3v) is 4.65. The largest absolute Gasteiger partial charge is 0.490 e. The average molecular weight is 451 g/mol. The zero-order valence-corrected chi connectivity index (χ0v) is 16.2. The molecular formula is C19H19F6N3O3. The minimum absolute atomic E-state index is 0.0786. The standard InChI is InChI=1S/C17H18F3N3O.C2HF3O2/c1-22-7-6-15-14(16(22)24)8-11(9-21)10-23(15)13-4-2-12(3-5-13)17(18,19)20;3-2(4,5)1(6)7/h2-7,11H,8-10,21H2,1H3;(H,6,7). The molecule has 1 aromatic heterocycles. The molecule has 0 amide bonds. The van der Waals surface area contributed by atoms with Crippen molar-refractivity contribution in [2.75, 3.05) is 18.0 Å². The molecule has 2 heterocycles. The van der Waals surface area contributed by atoms with E-state index in [1.807, 2.05) is 11.0 Å². The molecule has 1 atom stereocenters. The molecule has 12 heteroatoms. The second-order valence-electron chi connectivity index (χ2n) is 6.86. The number of aliphatic carboxylic acids is 1. The summed E-state index contributed by atoms with van der Waals surface area (Å²) in [4.78, 5) is 23.2. The molecule has 3 N–H and O–H groups in total. The first kappa shape index (κ1) is 24.3. The smallest absolute Gasteiger partial charge is 0.475 e. The topological polar surface area (TPSA) is 88.6 Å². The third-order valence-electron chi connectivity index (χ3n) is 4.65. The lowest BCUT2D eigenvalue weighted by Gasteiger charge is -2.35. The number of rotatable bonds is 2. The van der Waals surface area contributed by atoms with Crippen LogP contribution in [0.15, 0.2) is 41.3 Å².